The van der Waals surface area contributed by atoms with Crippen molar-refractivity contribution in [1.82, 2.24) is 24.4 Å². The third-order valence-electron chi connectivity index (χ3n) is 5.93. The molecule has 2 aromatic rings. The molecule has 1 saturated heterocycles. The van der Waals surface area contributed by atoms with Crippen LogP contribution in [-0.2, 0) is 18.8 Å². The summed E-state index contributed by atoms with van der Waals surface area (Å²) in [6.07, 6.45) is -3.92. The van der Waals surface area contributed by atoms with Gasteiger partial charge in [-0.3, -0.25) is 13.9 Å². The predicted octanol–water partition coefficient (Wildman–Crippen LogP) is -0.788. The van der Waals surface area contributed by atoms with Crippen LogP contribution < -0.4 is 5.73 Å². The molecule has 0 radical (unpaired) electrons. The minimum absolute atomic E-state index is 0.00569. The van der Waals surface area contributed by atoms with E-state index in [0.717, 1.165) is 0 Å². The summed E-state index contributed by atoms with van der Waals surface area (Å²) in [6, 6.07) is 0. The van der Waals surface area contributed by atoms with Crippen molar-refractivity contribution in [2.45, 2.75) is 56.3 Å². The minimum Gasteiger partial charge on any atom is -0.387 e. The van der Waals surface area contributed by atoms with Crippen molar-refractivity contribution < 1.29 is 38.8 Å². The number of hydrogen-bond acceptors (Lipinski definition) is 10. The van der Waals surface area contributed by atoms with E-state index in [2.05, 4.69) is 15.0 Å². The number of rotatable bonds is 7. The van der Waals surface area contributed by atoms with E-state index in [9.17, 15) is 29.4 Å². The zero-order valence-electron chi connectivity index (χ0n) is 17.6. The molecule has 1 amide bonds. The number of carbonyl (C=O) groups is 1. The lowest BCUT2D eigenvalue weighted by molar-refractivity contribution is -0.143. The summed E-state index contributed by atoms with van der Waals surface area (Å²) < 4.78 is 24.7. The molecule has 2 fully saturated rings. The molecule has 33 heavy (non-hydrogen) atoms. The number of hydrogen-bond donors (Lipinski definition) is 5. The minimum atomic E-state index is -5.00. The van der Waals surface area contributed by atoms with Gasteiger partial charge >= 0.3 is 7.60 Å². The van der Waals surface area contributed by atoms with E-state index in [4.69, 9.17) is 26.8 Å². The normalized spacial score (nSPS) is 30.2. The quantitative estimate of drug-likeness (QED) is 0.231. The standard InChI is InChI=1S/C17H24ClN6O8P/c1-3-23(4-2)13(27)15(33(28,29)30)31-7-5-17(7)10(26)9(25)14(32-17)24-6-20-8-11(19)21-16(18)22-12(8)24/h6-7,9-10,14-15,25-26H,3-5H2,1-2H3,(H2,19,21,22)(H2,28,29,30)/t7?,9-,10+,14?,15+,17?/m1/s1. The number of amides is 1. The van der Waals surface area contributed by atoms with Crippen LogP contribution in [0.4, 0.5) is 5.82 Å². The Kier molecular flexibility index (Phi) is 6.16. The van der Waals surface area contributed by atoms with Crippen molar-refractivity contribution in [2.75, 3.05) is 18.8 Å². The summed E-state index contributed by atoms with van der Waals surface area (Å²) in [6.45, 7) is 3.79. The number of fused-ring (bicyclic) bond motifs is 1. The lowest BCUT2D eigenvalue weighted by Crippen LogP contribution is -2.42. The average molecular weight is 507 g/mol. The first kappa shape index (κ1) is 24.2. The van der Waals surface area contributed by atoms with Gasteiger partial charge in [-0.25, -0.2) is 4.98 Å². The summed E-state index contributed by atoms with van der Waals surface area (Å²) in [4.78, 5) is 45.2. The van der Waals surface area contributed by atoms with E-state index in [1.54, 1.807) is 13.8 Å². The van der Waals surface area contributed by atoms with E-state index in [1.165, 1.54) is 15.8 Å². The topological polar surface area (TPSA) is 206 Å². The van der Waals surface area contributed by atoms with Crippen molar-refractivity contribution >= 4 is 42.1 Å². The van der Waals surface area contributed by atoms with Crippen LogP contribution in [0.5, 0.6) is 0 Å². The Labute approximate surface area is 192 Å². The number of nitrogen functional groups attached to an aromatic ring is 1. The van der Waals surface area contributed by atoms with Gasteiger partial charge in [-0.1, -0.05) is 0 Å². The number of anilines is 1. The van der Waals surface area contributed by atoms with Gasteiger partial charge in [0.05, 0.1) is 12.4 Å². The average Bonchev–Trinajstić information content (AvgIpc) is 3.17. The van der Waals surface area contributed by atoms with Crippen molar-refractivity contribution in [3.05, 3.63) is 11.6 Å². The lowest BCUT2D eigenvalue weighted by atomic mass is 10.1. The lowest BCUT2D eigenvalue weighted by Gasteiger charge is -2.26. The predicted molar refractivity (Wildman–Crippen MR) is 113 cm³/mol. The summed E-state index contributed by atoms with van der Waals surface area (Å²) >= 11 is 5.87. The number of likely N-dealkylation sites (N-methyl/N-ethyl adjacent to an activating group) is 1. The maximum atomic E-state index is 12.6. The van der Waals surface area contributed by atoms with Crippen LogP contribution in [0.15, 0.2) is 6.33 Å². The summed E-state index contributed by atoms with van der Waals surface area (Å²) in [5, 5.41) is 21.2. The largest absolute Gasteiger partial charge is 0.387 e. The van der Waals surface area contributed by atoms with E-state index >= 15 is 0 Å². The Morgan fingerprint density at radius 1 is 1.42 bits per heavy atom. The van der Waals surface area contributed by atoms with Crippen LogP contribution in [0, 0.1) is 0 Å². The van der Waals surface area contributed by atoms with E-state index in [1.807, 2.05) is 0 Å². The third-order valence-corrected chi connectivity index (χ3v) is 7.05. The van der Waals surface area contributed by atoms with Crippen LogP contribution >= 0.6 is 19.2 Å². The zero-order valence-corrected chi connectivity index (χ0v) is 19.3. The smallest absolute Gasteiger partial charge is 0.363 e. The fraction of sp³-hybridized carbons (Fsp3) is 0.647. The second-order valence-corrected chi connectivity index (χ2v) is 9.87. The first-order valence-corrected chi connectivity index (χ1v) is 12.2. The van der Waals surface area contributed by atoms with Crippen LogP contribution in [-0.4, -0.2) is 93.2 Å². The number of aliphatic hydroxyl groups is 2. The number of carbonyl (C=O) groups excluding carboxylic acids is 1. The van der Waals surface area contributed by atoms with Gasteiger partial charge in [0.25, 0.3) is 5.91 Å². The molecule has 6 atom stereocenters. The molecule has 2 aliphatic rings. The Balaban J connectivity index is 1.59. The Morgan fingerprint density at radius 2 is 2.09 bits per heavy atom. The van der Waals surface area contributed by atoms with Crippen molar-refractivity contribution in [3.63, 3.8) is 0 Å². The van der Waals surface area contributed by atoms with E-state index in [-0.39, 0.29) is 41.8 Å². The highest BCUT2D eigenvalue weighted by molar-refractivity contribution is 7.53. The SMILES string of the molecule is CCN(CC)C(=O)[C@@H](OC1CC12OC(n1cnc3c(N)nc(Cl)nc31)[C@H](O)[C@@H]2O)P(=O)(O)O. The number of aromatic nitrogens is 4. The molecule has 3 unspecified atom stereocenters. The third kappa shape index (κ3) is 4.00. The summed E-state index contributed by atoms with van der Waals surface area (Å²) in [7, 11) is -5.00. The molecule has 2 aromatic heterocycles. The summed E-state index contributed by atoms with van der Waals surface area (Å²) in [5.74, 6) is -2.92. The zero-order chi connectivity index (χ0) is 24.3. The molecule has 6 N–H and O–H groups in total. The molecule has 14 nitrogen and oxygen atoms in total. The molecular formula is C17H24ClN6O8P. The first-order chi connectivity index (χ1) is 15.4. The highest BCUT2D eigenvalue weighted by Crippen LogP contribution is 2.57. The van der Waals surface area contributed by atoms with Gasteiger partial charge in [-0.05, 0) is 25.4 Å². The molecule has 1 aliphatic heterocycles. The second-order valence-electron chi connectivity index (χ2n) is 7.88. The van der Waals surface area contributed by atoms with Crippen molar-refractivity contribution in [1.29, 1.82) is 0 Å². The van der Waals surface area contributed by atoms with E-state index < -0.39 is 49.5 Å². The highest BCUT2D eigenvalue weighted by Gasteiger charge is 2.71. The molecular weight excluding hydrogens is 483 g/mol. The maximum Gasteiger partial charge on any atom is 0.363 e. The number of nitrogens with zero attached hydrogens (tertiary/aromatic N) is 5. The Morgan fingerprint density at radius 3 is 2.70 bits per heavy atom. The monoisotopic (exact) mass is 506 g/mol. The molecule has 182 valence electrons. The van der Waals surface area contributed by atoms with Gasteiger partial charge in [0, 0.05) is 19.5 Å². The van der Waals surface area contributed by atoms with Gasteiger partial charge in [0.1, 0.15) is 23.3 Å². The Bertz CT molecular complexity index is 1120. The second kappa shape index (κ2) is 8.40. The fourth-order valence-electron chi connectivity index (χ4n) is 4.09. The van der Waals surface area contributed by atoms with Crippen LogP contribution in [0.3, 0.4) is 0 Å². The molecule has 1 saturated carbocycles. The van der Waals surface area contributed by atoms with Gasteiger partial charge in [-0.2, -0.15) is 9.97 Å². The van der Waals surface area contributed by atoms with Crippen LogP contribution in [0.25, 0.3) is 11.2 Å². The molecule has 16 heteroatoms. The Hall–Kier alpha value is -1.90. The van der Waals surface area contributed by atoms with Gasteiger partial charge in [0.15, 0.2) is 17.7 Å². The van der Waals surface area contributed by atoms with Gasteiger partial charge in [0.2, 0.25) is 11.1 Å². The highest BCUT2D eigenvalue weighted by atomic mass is 35.5. The molecule has 1 spiro atoms. The molecule has 1 aliphatic carbocycles. The number of aliphatic hydroxyl groups excluding tert-OH is 2. The van der Waals surface area contributed by atoms with Gasteiger partial charge in [-0.15, -0.1) is 0 Å². The number of ether oxygens (including phenoxy) is 2. The van der Waals surface area contributed by atoms with Crippen molar-refractivity contribution in [2.24, 2.45) is 0 Å². The van der Waals surface area contributed by atoms with E-state index in [0.29, 0.717) is 0 Å². The summed E-state index contributed by atoms with van der Waals surface area (Å²) in [5.41, 5.74) is 4.68. The number of imidazole rings is 1. The number of nitrogens with two attached hydrogens (primary N) is 1. The molecule has 0 bridgehead atoms. The van der Waals surface area contributed by atoms with Crippen LogP contribution in [0.2, 0.25) is 5.28 Å². The first-order valence-electron chi connectivity index (χ1n) is 10.1. The number of halogens is 1. The van der Waals surface area contributed by atoms with Gasteiger partial charge < -0.3 is 40.1 Å². The molecule has 4 rings (SSSR count). The van der Waals surface area contributed by atoms with Crippen molar-refractivity contribution in [3.8, 4) is 0 Å². The fourth-order valence-corrected chi connectivity index (χ4v) is 5.01. The molecule has 3 heterocycles. The molecule has 0 aromatic carbocycles. The maximum absolute atomic E-state index is 12.6. The van der Waals surface area contributed by atoms with Crippen LogP contribution in [0.1, 0.15) is 26.5 Å².